The van der Waals surface area contributed by atoms with E-state index >= 15 is 0 Å². The Morgan fingerprint density at radius 3 is 2.46 bits per heavy atom. The minimum Gasteiger partial charge on any atom is -0.384 e. The molecular formula is C24H30N8O3. The highest BCUT2D eigenvalue weighted by atomic mass is 16.2. The number of β-lactam (4-membered cyclic amide) rings is 1. The topological polar surface area (TPSA) is 132 Å². The van der Waals surface area contributed by atoms with E-state index in [-0.39, 0.29) is 36.5 Å². The Labute approximate surface area is 203 Å². The number of hydrogen-bond acceptors (Lipinski definition) is 7. The van der Waals surface area contributed by atoms with E-state index in [0.29, 0.717) is 18.1 Å². The van der Waals surface area contributed by atoms with Gasteiger partial charge in [-0.25, -0.2) is 4.98 Å². The van der Waals surface area contributed by atoms with Gasteiger partial charge in [0.25, 0.3) is 5.91 Å². The molecule has 4 rings (SSSR count). The van der Waals surface area contributed by atoms with Crippen LogP contribution in [0.15, 0.2) is 42.9 Å². The predicted molar refractivity (Wildman–Crippen MR) is 129 cm³/mol. The lowest BCUT2D eigenvalue weighted by Gasteiger charge is -2.46. The van der Waals surface area contributed by atoms with Crippen molar-refractivity contribution in [2.24, 2.45) is 20.0 Å². The summed E-state index contributed by atoms with van der Waals surface area (Å²) in [5, 5.41) is 8.70. The number of hydrogen-bond donors (Lipinski definition) is 1. The smallest absolute Gasteiger partial charge is 0.252 e. The molecule has 1 aliphatic rings. The first kappa shape index (κ1) is 24.1. The van der Waals surface area contributed by atoms with Crippen molar-refractivity contribution in [3.63, 3.8) is 0 Å². The van der Waals surface area contributed by atoms with E-state index in [1.54, 1.807) is 54.1 Å². The van der Waals surface area contributed by atoms with Gasteiger partial charge in [-0.05, 0) is 36.6 Å². The van der Waals surface area contributed by atoms with Crippen molar-refractivity contribution >= 4 is 29.4 Å². The van der Waals surface area contributed by atoms with Crippen molar-refractivity contribution in [3.05, 3.63) is 54.1 Å². The van der Waals surface area contributed by atoms with Gasteiger partial charge in [0, 0.05) is 58.1 Å². The number of carbonyl (C=O) groups excluding carboxylic acids is 3. The molecule has 3 aromatic rings. The van der Waals surface area contributed by atoms with Crippen molar-refractivity contribution in [1.82, 2.24) is 29.4 Å². The minimum atomic E-state index is -0.933. The zero-order valence-corrected chi connectivity index (χ0v) is 20.3. The van der Waals surface area contributed by atoms with E-state index in [1.807, 2.05) is 26.2 Å². The fourth-order valence-electron chi connectivity index (χ4n) is 4.49. The van der Waals surface area contributed by atoms with E-state index < -0.39 is 12.0 Å². The van der Waals surface area contributed by atoms with Crippen molar-refractivity contribution in [2.45, 2.75) is 38.1 Å². The number of likely N-dealkylation sites (N-methyl/N-ethyl adjacent to an activating group) is 1. The predicted octanol–water partition coefficient (Wildman–Crippen LogP) is 1.27. The lowest BCUT2D eigenvalue weighted by Crippen LogP contribution is -2.69. The molecule has 0 radical (unpaired) electrons. The quantitative estimate of drug-likeness (QED) is 0.482. The van der Waals surface area contributed by atoms with E-state index in [4.69, 9.17) is 5.73 Å². The van der Waals surface area contributed by atoms with Crippen LogP contribution in [0, 0.1) is 5.92 Å². The molecule has 0 aliphatic carbocycles. The first-order valence-electron chi connectivity index (χ1n) is 11.5. The largest absolute Gasteiger partial charge is 0.384 e. The molecule has 0 unspecified atom stereocenters. The number of likely N-dealkylation sites (tertiary alicyclic amines) is 1. The van der Waals surface area contributed by atoms with Gasteiger partial charge in [0.15, 0.2) is 5.82 Å². The summed E-state index contributed by atoms with van der Waals surface area (Å²) in [4.78, 5) is 46.7. The number of anilines is 2. The highest BCUT2D eigenvalue weighted by Crippen LogP contribution is 2.35. The van der Waals surface area contributed by atoms with E-state index in [2.05, 4.69) is 15.2 Å². The molecule has 184 valence electrons. The second-order valence-electron chi connectivity index (χ2n) is 8.91. The number of nitrogen functional groups attached to an aromatic ring is 1. The fourth-order valence-corrected chi connectivity index (χ4v) is 4.49. The SMILES string of the molecule is CC[C@@H](CC(=O)N1C(=O)[C@H](Cc2ccnc(N)c2)[C@H]1C(=O)N(C)c1ccn(C)n1)c1ccn(C)n1. The van der Waals surface area contributed by atoms with Crippen LogP contribution in [0.3, 0.4) is 0 Å². The van der Waals surface area contributed by atoms with Gasteiger partial charge in [0.2, 0.25) is 11.8 Å². The maximum absolute atomic E-state index is 13.6. The molecule has 0 aromatic carbocycles. The molecule has 0 bridgehead atoms. The number of pyridine rings is 1. The summed E-state index contributed by atoms with van der Waals surface area (Å²) in [7, 11) is 5.17. The number of aromatic nitrogens is 5. The Balaban J connectivity index is 1.59. The van der Waals surface area contributed by atoms with Crippen LogP contribution in [0.4, 0.5) is 11.6 Å². The molecule has 0 spiro atoms. The molecule has 11 nitrogen and oxygen atoms in total. The van der Waals surface area contributed by atoms with Crippen LogP contribution in [0.5, 0.6) is 0 Å². The van der Waals surface area contributed by atoms with Crippen molar-refractivity contribution in [3.8, 4) is 0 Å². The van der Waals surface area contributed by atoms with Crippen LogP contribution < -0.4 is 10.6 Å². The molecule has 3 aromatic heterocycles. The average molecular weight is 479 g/mol. The molecule has 4 heterocycles. The average Bonchev–Trinajstić information content (AvgIpc) is 3.46. The fraction of sp³-hybridized carbons (Fsp3) is 0.417. The minimum absolute atomic E-state index is 0.0886. The number of amides is 3. The molecule has 1 aliphatic heterocycles. The molecule has 1 saturated heterocycles. The second kappa shape index (κ2) is 9.69. The zero-order chi connectivity index (χ0) is 25.3. The Kier molecular flexibility index (Phi) is 6.68. The van der Waals surface area contributed by atoms with E-state index in [0.717, 1.165) is 16.2 Å². The molecular weight excluding hydrogens is 448 g/mol. The van der Waals surface area contributed by atoms with Crippen LogP contribution in [0.1, 0.15) is 36.9 Å². The van der Waals surface area contributed by atoms with Crippen molar-refractivity contribution in [1.29, 1.82) is 0 Å². The van der Waals surface area contributed by atoms with Crippen LogP contribution in [0.2, 0.25) is 0 Å². The van der Waals surface area contributed by atoms with Gasteiger partial charge >= 0.3 is 0 Å². The Hall–Kier alpha value is -4.02. The molecule has 1 fully saturated rings. The third-order valence-electron chi connectivity index (χ3n) is 6.48. The lowest BCUT2D eigenvalue weighted by molar-refractivity contribution is -0.170. The summed E-state index contributed by atoms with van der Waals surface area (Å²) in [5.74, 6) is -1.18. The Morgan fingerprint density at radius 1 is 1.14 bits per heavy atom. The molecule has 11 heteroatoms. The summed E-state index contributed by atoms with van der Waals surface area (Å²) in [6.07, 6.45) is 6.15. The number of nitrogens with zero attached hydrogens (tertiary/aromatic N) is 7. The van der Waals surface area contributed by atoms with Gasteiger partial charge in [0.1, 0.15) is 11.9 Å². The summed E-state index contributed by atoms with van der Waals surface area (Å²) in [5.41, 5.74) is 7.36. The maximum atomic E-state index is 13.6. The van der Waals surface area contributed by atoms with Crippen LogP contribution in [-0.4, -0.2) is 60.3 Å². The van der Waals surface area contributed by atoms with Crippen molar-refractivity contribution in [2.75, 3.05) is 17.7 Å². The number of nitrogens with two attached hydrogens (primary N) is 1. The third kappa shape index (κ3) is 4.79. The number of rotatable bonds is 8. The maximum Gasteiger partial charge on any atom is 0.252 e. The van der Waals surface area contributed by atoms with Gasteiger partial charge in [-0.1, -0.05) is 6.92 Å². The number of carbonyl (C=O) groups is 3. The van der Waals surface area contributed by atoms with Gasteiger partial charge in [-0.15, -0.1) is 0 Å². The standard InChI is InChI=1S/C24H30N8O3/c1-5-16(18-7-10-29(2)27-18)14-21(33)32-22(24(35)31(4)20-8-11-30(3)28-20)17(23(32)34)12-15-6-9-26-19(25)13-15/h6-11,13,16-17,22H,5,12,14H2,1-4H3,(H2,25,26)/t16-,17+,22-/m0/s1. The van der Waals surface area contributed by atoms with Crippen LogP contribution >= 0.6 is 0 Å². The summed E-state index contributed by atoms with van der Waals surface area (Å²) >= 11 is 0. The highest BCUT2D eigenvalue weighted by Gasteiger charge is 2.55. The number of aryl methyl sites for hydroxylation is 2. The first-order chi connectivity index (χ1) is 16.7. The Bertz CT molecular complexity index is 1250. The lowest BCUT2D eigenvalue weighted by atomic mass is 9.80. The molecule has 0 saturated carbocycles. The monoisotopic (exact) mass is 478 g/mol. The number of imide groups is 1. The summed E-state index contributed by atoms with van der Waals surface area (Å²) in [6, 6.07) is 6.07. The van der Waals surface area contributed by atoms with Crippen molar-refractivity contribution < 1.29 is 14.4 Å². The zero-order valence-electron chi connectivity index (χ0n) is 20.3. The van der Waals surface area contributed by atoms with Crippen LogP contribution in [0.25, 0.3) is 0 Å². The molecule has 2 N–H and O–H groups in total. The van der Waals surface area contributed by atoms with Gasteiger partial charge in [-0.2, -0.15) is 10.2 Å². The Morgan fingerprint density at radius 2 is 1.86 bits per heavy atom. The normalized spacial score (nSPS) is 18.3. The van der Waals surface area contributed by atoms with E-state index in [1.165, 1.54) is 4.90 Å². The molecule has 3 atom stereocenters. The van der Waals surface area contributed by atoms with Gasteiger partial charge < -0.3 is 5.73 Å². The second-order valence-corrected chi connectivity index (χ2v) is 8.91. The first-order valence-corrected chi connectivity index (χ1v) is 11.5. The van der Waals surface area contributed by atoms with Gasteiger partial charge in [-0.3, -0.25) is 33.5 Å². The highest BCUT2D eigenvalue weighted by molar-refractivity contribution is 6.12. The molecule has 35 heavy (non-hydrogen) atoms. The van der Waals surface area contributed by atoms with Gasteiger partial charge in [0.05, 0.1) is 11.6 Å². The van der Waals surface area contributed by atoms with E-state index in [9.17, 15) is 14.4 Å². The molecule has 3 amide bonds. The summed E-state index contributed by atoms with van der Waals surface area (Å²) < 4.78 is 3.27. The summed E-state index contributed by atoms with van der Waals surface area (Å²) in [6.45, 7) is 1.97. The third-order valence-corrected chi connectivity index (χ3v) is 6.48. The van der Waals surface area contributed by atoms with Crippen LogP contribution in [-0.2, 0) is 34.9 Å².